The number of hydrogen-bond acceptors (Lipinski definition) is 6. The third-order valence-electron chi connectivity index (χ3n) is 4.68. The van der Waals surface area contributed by atoms with Crippen LogP contribution in [0.5, 0.6) is 11.5 Å². The topological polar surface area (TPSA) is 109 Å². The van der Waals surface area contributed by atoms with Gasteiger partial charge < -0.3 is 25.3 Å². The van der Waals surface area contributed by atoms with E-state index in [1.807, 2.05) is 0 Å². The SMILES string of the molecule is CC(CNC(=O)C(Cc1ccc(OC(F)(F)F)cc1)NC(=O)c1ccc(OCCC(F)(F)F)cc1)=NO. The summed E-state index contributed by atoms with van der Waals surface area (Å²) in [5.41, 5.74) is 0.645. The summed E-state index contributed by atoms with van der Waals surface area (Å²) in [6, 6.07) is 8.68. The number of nitrogens with zero attached hydrogens (tertiary/aromatic N) is 1. The molecule has 0 fully saturated rings. The van der Waals surface area contributed by atoms with Crippen molar-refractivity contribution in [2.45, 2.75) is 38.3 Å². The molecule has 0 aliphatic carbocycles. The summed E-state index contributed by atoms with van der Waals surface area (Å²) in [6.07, 6.45) is -10.5. The highest BCUT2D eigenvalue weighted by molar-refractivity contribution is 5.98. The Morgan fingerprint density at radius 2 is 1.57 bits per heavy atom. The van der Waals surface area contributed by atoms with E-state index in [1.165, 1.54) is 43.3 Å². The van der Waals surface area contributed by atoms with Gasteiger partial charge in [0, 0.05) is 12.0 Å². The van der Waals surface area contributed by atoms with Gasteiger partial charge in [-0.2, -0.15) is 13.2 Å². The van der Waals surface area contributed by atoms with Gasteiger partial charge in [-0.05, 0) is 48.9 Å². The van der Waals surface area contributed by atoms with E-state index in [2.05, 4.69) is 20.5 Å². The lowest BCUT2D eigenvalue weighted by Crippen LogP contribution is -2.49. The molecule has 2 amide bonds. The number of ether oxygens (including phenoxy) is 2. The van der Waals surface area contributed by atoms with Crippen LogP contribution in [-0.2, 0) is 11.2 Å². The summed E-state index contributed by atoms with van der Waals surface area (Å²) in [6.45, 7) is 0.705. The highest BCUT2D eigenvalue weighted by Gasteiger charge is 2.31. The number of carbonyl (C=O) groups excluding carboxylic acids is 2. The lowest BCUT2D eigenvalue weighted by molar-refractivity contribution is -0.274. The first-order valence-corrected chi connectivity index (χ1v) is 10.7. The maximum absolute atomic E-state index is 12.7. The van der Waals surface area contributed by atoms with E-state index in [0.717, 1.165) is 12.1 Å². The van der Waals surface area contributed by atoms with Gasteiger partial charge in [-0.25, -0.2) is 0 Å². The number of halogens is 6. The summed E-state index contributed by atoms with van der Waals surface area (Å²) in [4.78, 5) is 25.4. The summed E-state index contributed by atoms with van der Waals surface area (Å²) in [5, 5.41) is 16.6. The minimum absolute atomic E-state index is 0.0722. The smallest absolute Gasteiger partial charge is 0.493 e. The van der Waals surface area contributed by atoms with E-state index in [-0.39, 0.29) is 30.0 Å². The van der Waals surface area contributed by atoms with Crippen molar-refractivity contribution >= 4 is 17.5 Å². The monoisotopic (exact) mass is 535 g/mol. The highest BCUT2D eigenvalue weighted by atomic mass is 19.4. The first-order chi connectivity index (χ1) is 17.3. The van der Waals surface area contributed by atoms with E-state index >= 15 is 0 Å². The molecule has 0 saturated heterocycles. The molecule has 37 heavy (non-hydrogen) atoms. The van der Waals surface area contributed by atoms with Gasteiger partial charge in [0.25, 0.3) is 5.91 Å². The molecule has 0 aliphatic rings. The Balaban J connectivity index is 2.10. The Morgan fingerprint density at radius 1 is 0.973 bits per heavy atom. The van der Waals surface area contributed by atoms with Crippen LogP contribution in [0, 0.1) is 0 Å². The molecule has 8 nitrogen and oxygen atoms in total. The standard InChI is InChI=1S/C23H23F6N3O5/c1-14(32-35)13-30-21(34)19(12-15-2-6-18(7-3-15)37-23(27,28)29)31-20(33)16-4-8-17(9-5-16)36-11-10-22(24,25)26/h2-9,19,35H,10-13H2,1H3,(H,30,34)(H,31,33). The van der Waals surface area contributed by atoms with Crippen molar-refractivity contribution in [3.8, 4) is 11.5 Å². The molecule has 1 atom stereocenters. The lowest BCUT2D eigenvalue weighted by Gasteiger charge is -2.19. The van der Waals surface area contributed by atoms with Crippen LogP contribution in [0.15, 0.2) is 53.7 Å². The molecule has 2 rings (SSSR count). The second-order valence-electron chi connectivity index (χ2n) is 7.71. The second-order valence-corrected chi connectivity index (χ2v) is 7.71. The lowest BCUT2D eigenvalue weighted by atomic mass is 10.0. The maximum atomic E-state index is 12.7. The number of oxime groups is 1. The Labute approximate surface area is 207 Å². The van der Waals surface area contributed by atoms with E-state index in [9.17, 15) is 35.9 Å². The second kappa shape index (κ2) is 12.8. The molecule has 0 saturated carbocycles. The van der Waals surface area contributed by atoms with E-state index in [0.29, 0.717) is 5.56 Å². The molecular weight excluding hydrogens is 512 g/mol. The highest BCUT2D eigenvalue weighted by Crippen LogP contribution is 2.23. The number of rotatable bonds is 11. The van der Waals surface area contributed by atoms with E-state index < -0.39 is 49.2 Å². The summed E-state index contributed by atoms with van der Waals surface area (Å²) >= 11 is 0. The Morgan fingerprint density at radius 3 is 2.11 bits per heavy atom. The third-order valence-corrected chi connectivity index (χ3v) is 4.68. The number of benzene rings is 2. The fraction of sp³-hybridized carbons (Fsp3) is 0.348. The van der Waals surface area contributed by atoms with Crippen LogP contribution < -0.4 is 20.1 Å². The Hall–Kier alpha value is -3.97. The molecule has 0 heterocycles. The van der Waals surface area contributed by atoms with Crippen LogP contribution in [0.4, 0.5) is 26.3 Å². The van der Waals surface area contributed by atoms with Gasteiger partial charge in [0.15, 0.2) is 0 Å². The zero-order valence-electron chi connectivity index (χ0n) is 19.3. The molecule has 0 aliphatic heterocycles. The van der Waals surface area contributed by atoms with E-state index in [1.54, 1.807) is 0 Å². The number of alkyl halides is 6. The molecule has 2 aromatic carbocycles. The van der Waals surface area contributed by atoms with E-state index in [4.69, 9.17) is 9.94 Å². The molecule has 3 N–H and O–H groups in total. The summed E-state index contributed by atoms with van der Waals surface area (Å²) < 4.78 is 82.6. The van der Waals surface area contributed by atoms with Crippen LogP contribution in [0.1, 0.15) is 29.3 Å². The van der Waals surface area contributed by atoms with Crippen LogP contribution in [0.3, 0.4) is 0 Å². The van der Waals surface area contributed by atoms with Gasteiger partial charge >= 0.3 is 12.5 Å². The minimum atomic E-state index is -4.87. The molecule has 202 valence electrons. The first-order valence-electron chi connectivity index (χ1n) is 10.7. The summed E-state index contributed by atoms with van der Waals surface area (Å²) in [5.74, 6) is -1.73. The van der Waals surface area contributed by atoms with Crippen molar-refractivity contribution < 1.29 is 50.6 Å². The molecule has 14 heteroatoms. The van der Waals surface area contributed by atoms with Gasteiger partial charge in [-0.1, -0.05) is 17.3 Å². The molecule has 0 aromatic heterocycles. The largest absolute Gasteiger partial charge is 0.573 e. The zero-order valence-corrected chi connectivity index (χ0v) is 19.3. The Bertz CT molecular complexity index is 1070. The molecule has 0 bridgehead atoms. The van der Waals surface area contributed by atoms with Crippen LogP contribution in [-0.4, -0.2) is 54.5 Å². The van der Waals surface area contributed by atoms with Crippen LogP contribution in [0.2, 0.25) is 0 Å². The number of amides is 2. The predicted octanol–water partition coefficient (Wildman–Crippen LogP) is 4.22. The normalized spacial score (nSPS) is 13.0. The number of carbonyl (C=O) groups is 2. The third kappa shape index (κ3) is 11.1. The average molecular weight is 535 g/mol. The van der Waals surface area contributed by atoms with Gasteiger partial charge in [-0.15, -0.1) is 13.2 Å². The fourth-order valence-corrected chi connectivity index (χ4v) is 2.87. The quantitative estimate of drug-likeness (QED) is 0.173. The van der Waals surface area contributed by atoms with Gasteiger partial charge in [0.1, 0.15) is 17.5 Å². The molecule has 2 aromatic rings. The predicted molar refractivity (Wildman–Crippen MR) is 119 cm³/mol. The van der Waals surface area contributed by atoms with Crippen molar-refractivity contribution in [3.05, 3.63) is 59.7 Å². The minimum Gasteiger partial charge on any atom is -0.493 e. The van der Waals surface area contributed by atoms with Crippen molar-refractivity contribution in [3.63, 3.8) is 0 Å². The van der Waals surface area contributed by atoms with Crippen LogP contribution in [0.25, 0.3) is 0 Å². The van der Waals surface area contributed by atoms with Crippen molar-refractivity contribution in [1.82, 2.24) is 10.6 Å². The molecule has 0 spiro atoms. The summed E-state index contributed by atoms with van der Waals surface area (Å²) in [7, 11) is 0. The zero-order chi connectivity index (χ0) is 27.6. The molecular formula is C23H23F6N3O5. The van der Waals surface area contributed by atoms with Crippen molar-refractivity contribution in [2.75, 3.05) is 13.2 Å². The van der Waals surface area contributed by atoms with Crippen LogP contribution >= 0.6 is 0 Å². The molecule has 1 unspecified atom stereocenters. The van der Waals surface area contributed by atoms with Gasteiger partial charge in [0.05, 0.1) is 25.3 Å². The number of hydrogen-bond donors (Lipinski definition) is 3. The van der Waals surface area contributed by atoms with Crippen molar-refractivity contribution in [2.24, 2.45) is 5.16 Å². The first kappa shape index (κ1) is 29.3. The molecule has 0 radical (unpaired) electrons. The van der Waals surface area contributed by atoms with Gasteiger partial charge in [-0.3, -0.25) is 9.59 Å². The van der Waals surface area contributed by atoms with Gasteiger partial charge in [0.2, 0.25) is 5.91 Å². The number of nitrogens with one attached hydrogen (secondary N) is 2. The maximum Gasteiger partial charge on any atom is 0.573 e. The fourth-order valence-electron chi connectivity index (χ4n) is 2.87. The average Bonchev–Trinajstić information content (AvgIpc) is 2.81. The Kier molecular flexibility index (Phi) is 10.1. The van der Waals surface area contributed by atoms with Crippen molar-refractivity contribution in [1.29, 1.82) is 0 Å².